The summed E-state index contributed by atoms with van der Waals surface area (Å²) in [5.74, 6) is 0.809. The topological polar surface area (TPSA) is 31.2 Å². The molecule has 0 aliphatic heterocycles. The molecular formula is C23H21NO2. The lowest BCUT2D eigenvalue weighted by atomic mass is 9.96. The number of ether oxygens (including phenoxy) is 1. The van der Waals surface area contributed by atoms with Crippen molar-refractivity contribution < 1.29 is 4.74 Å². The molecule has 2 aromatic carbocycles. The van der Waals surface area contributed by atoms with E-state index in [2.05, 4.69) is 30.4 Å². The number of methoxy groups -OCH3 is 1. The normalized spacial score (nSPS) is 12.7. The van der Waals surface area contributed by atoms with Gasteiger partial charge in [-0.25, -0.2) is 0 Å². The first-order valence-corrected chi connectivity index (χ1v) is 8.88. The van der Waals surface area contributed by atoms with E-state index in [-0.39, 0.29) is 5.56 Å². The van der Waals surface area contributed by atoms with Gasteiger partial charge in [0.05, 0.1) is 19.3 Å². The summed E-state index contributed by atoms with van der Waals surface area (Å²) in [6, 6.07) is 20.1. The number of hydrogen-bond acceptors (Lipinski definition) is 2. The fourth-order valence-electron chi connectivity index (χ4n) is 3.47. The molecule has 4 rings (SSSR count). The zero-order valence-electron chi connectivity index (χ0n) is 14.8. The van der Waals surface area contributed by atoms with Crippen molar-refractivity contribution in [2.75, 3.05) is 7.11 Å². The zero-order valence-corrected chi connectivity index (χ0v) is 14.8. The molecule has 3 aromatic rings. The second-order valence-corrected chi connectivity index (χ2v) is 6.51. The Morgan fingerprint density at radius 1 is 1.04 bits per heavy atom. The van der Waals surface area contributed by atoms with Crippen LogP contribution < -0.4 is 10.3 Å². The molecule has 3 nitrogen and oxygen atoms in total. The Morgan fingerprint density at radius 2 is 1.81 bits per heavy atom. The number of aromatic nitrogens is 1. The lowest BCUT2D eigenvalue weighted by Gasteiger charge is -2.19. The van der Waals surface area contributed by atoms with Gasteiger partial charge in [-0.3, -0.25) is 4.79 Å². The third-order valence-corrected chi connectivity index (χ3v) is 4.86. The smallest absolute Gasteiger partial charge is 0.255 e. The van der Waals surface area contributed by atoms with Gasteiger partial charge in [-0.15, -0.1) is 0 Å². The van der Waals surface area contributed by atoms with Gasteiger partial charge in [-0.2, -0.15) is 0 Å². The average molecular weight is 343 g/mol. The first kappa shape index (κ1) is 16.4. The molecule has 1 aromatic heterocycles. The number of benzene rings is 2. The minimum atomic E-state index is 0.113. The molecular weight excluding hydrogens is 322 g/mol. The number of hydrogen-bond donors (Lipinski definition) is 0. The molecule has 0 saturated heterocycles. The molecule has 0 saturated carbocycles. The molecule has 0 spiro atoms. The van der Waals surface area contributed by atoms with Crippen LogP contribution in [0.4, 0.5) is 0 Å². The molecule has 1 aliphatic carbocycles. The summed E-state index contributed by atoms with van der Waals surface area (Å²) in [7, 11) is 1.66. The van der Waals surface area contributed by atoms with E-state index in [4.69, 9.17) is 4.74 Å². The van der Waals surface area contributed by atoms with E-state index < -0.39 is 0 Å². The standard InChI is InChI=1S/C23H21NO2/c1-26-20-13-11-18(12-14-20)22-15-19-9-5-6-10-21(19)23(25)24(22)16-17-7-3-2-4-8-17/h2-5,7-9,11-15H,6,10,16H2,1H3. The predicted molar refractivity (Wildman–Crippen MR) is 106 cm³/mol. The lowest BCUT2D eigenvalue weighted by molar-refractivity contribution is 0.415. The van der Waals surface area contributed by atoms with E-state index in [1.165, 1.54) is 0 Å². The van der Waals surface area contributed by atoms with Crippen molar-refractivity contribution in [2.24, 2.45) is 0 Å². The van der Waals surface area contributed by atoms with E-state index in [0.717, 1.165) is 46.5 Å². The van der Waals surface area contributed by atoms with Crippen molar-refractivity contribution in [3.63, 3.8) is 0 Å². The highest BCUT2D eigenvalue weighted by Gasteiger charge is 2.16. The van der Waals surface area contributed by atoms with Crippen molar-refractivity contribution in [1.82, 2.24) is 4.57 Å². The molecule has 1 aliphatic rings. The lowest BCUT2D eigenvalue weighted by Crippen LogP contribution is -2.27. The summed E-state index contributed by atoms with van der Waals surface area (Å²) in [6.07, 6.45) is 5.94. The van der Waals surface area contributed by atoms with Gasteiger partial charge in [0.1, 0.15) is 5.75 Å². The van der Waals surface area contributed by atoms with Gasteiger partial charge in [0.15, 0.2) is 0 Å². The molecule has 0 amide bonds. The molecule has 0 N–H and O–H groups in total. The Labute approximate surface area is 153 Å². The molecule has 130 valence electrons. The van der Waals surface area contributed by atoms with Crippen molar-refractivity contribution in [2.45, 2.75) is 19.4 Å². The van der Waals surface area contributed by atoms with E-state index in [1.54, 1.807) is 7.11 Å². The quantitative estimate of drug-likeness (QED) is 0.697. The van der Waals surface area contributed by atoms with E-state index in [9.17, 15) is 4.79 Å². The second-order valence-electron chi connectivity index (χ2n) is 6.51. The Hall–Kier alpha value is -3.07. The Bertz CT molecular complexity index is 999. The summed E-state index contributed by atoms with van der Waals surface area (Å²) in [4.78, 5) is 13.2. The Balaban J connectivity index is 1.89. The fourth-order valence-corrected chi connectivity index (χ4v) is 3.47. The van der Waals surface area contributed by atoms with Crippen LogP contribution >= 0.6 is 0 Å². The summed E-state index contributed by atoms with van der Waals surface area (Å²) in [5.41, 5.74) is 5.14. The second kappa shape index (κ2) is 7.04. The largest absolute Gasteiger partial charge is 0.497 e. The average Bonchev–Trinajstić information content (AvgIpc) is 2.71. The van der Waals surface area contributed by atoms with Crippen LogP contribution in [0.1, 0.15) is 23.1 Å². The van der Waals surface area contributed by atoms with Crippen LogP contribution in [0.15, 0.2) is 71.5 Å². The number of allylic oxidation sites excluding steroid dienone is 1. The van der Waals surface area contributed by atoms with Crippen LogP contribution in [-0.2, 0) is 13.0 Å². The Kier molecular flexibility index (Phi) is 4.44. The van der Waals surface area contributed by atoms with Gasteiger partial charge in [-0.05, 0) is 59.9 Å². The molecule has 1 heterocycles. The van der Waals surface area contributed by atoms with Crippen LogP contribution in [-0.4, -0.2) is 11.7 Å². The molecule has 0 atom stereocenters. The SMILES string of the molecule is COc1ccc(-c2cc3c(c(=O)n2Cc2ccccc2)CCC=C3)cc1. The van der Waals surface area contributed by atoms with Gasteiger partial charge < -0.3 is 9.30 Å². The van der Waals surface area contributed by atoms with Gasteiger partial charge in [0.25, 0.3) is 5.56 Å². The van der Waals surface area contributed by atoms with Gasteiger partial charge in [-0.1, -0.05) is 42.5 Å². The molecule has 0 unspecified atom stereocenters. The maximum Gasteiger partial charge on any atom is 0.255 e. The van der Waals surface area contributed by atoms with Crippen LogP contribution in [0.2, 0.25) is 0 Å². The van der Waals surface area contributed by atoms with E-state index >= 15 is 0 Å². The van der Waals surface area contributed by atoms with Gasteiger partial charge in [0.2, 0.25) is 0 Å². The summed E-state index contributed by atoms with van der Waals surface area (Å²) in [5, 5.41) is 0. The first-order chi connectivity index (χ1) is 12.8. The summed E-state index contributed by atoms with van der Waals surface area (Å²) in [6.45, 7) is 0.567. The van der Waals surface area contributed by atoms with Crippen LogP contribution in [0, 0.1) is 0 Å². The van der Waals surface area contributed by atoms with Crippen molar-refractivity contribution in [3.8, 4) is 17.0 Å². The Morgan fingerprint density at radius 3 is 2.54 bits per heavy atom. The van der Waals surface area contributed by atoms with Crippen molar-refractivity contribution in [3.05, 3.63) is 93.8 Å². The third kappa shape index (κ3) is 3.08. The highest BCUT2D eigenvalue weighted by molar-refractivity contribution is 5.67. The van der Waals surface area contributed by atoms with Crippen molar-refractivity contribution >= 4 is 6.08 Å². The summed E-state index contributed by atoms with van der Waals surface area (Å²) < 4.78 is 7.16. The molecule has 0 bridgehead atoms. The maximum atomic E-state index is 13.2. The maximum absolute atomic E-state index is 13.2. The van der Waals surface area contributed by atoms with Crippen molar-refractivity contribution in [1.29, 1.82) is 0 Å². The molecule has 0 fully saturated rings. The van der Waals surface area contributed by atoms with E-state index in [0.29, 0.717) is 6.54 Å². The molecule has 3 heteroatoms. The monoisotopic (exact) mass is 343 g/mol. The number of pyridine rings is 1. The van der Waals surface area contributed by atoms with Crippen LogP contribution in [0.25, 0.3) is 17.3 Å². The highest BCUT2D eigenvalue weighted by Crippen LogP contribution is 2.26. The van der Waals surface area contributed by atoms with Gasteiger partial charge in [0, 0.05) is 5.56 Å². The highest BCUT2D eigenvalue weighted by atomic mass is 16.5. The van der Waals surface area contributed by atoms with E-state index in [1.807, 2.05) is 47.0 Å². The minimum Gasteiger partial charge on any atom is -0.497 e. The number of rotatable bonds is 4. The number of nitrogens with zero attached hydrogens (tertiary/aromatic N) is 1. The zero-order chi connectivity index (χ0) is 17.9. The molecule has 0 radical (unpaired) electrons. The minimum absolute atomic E-state index is 0.113. The van der Waals surface area contributed by atoms with Gasteiger partial charge >= 0.3 is 0 Å². The fraction of sp³-hybridized carbons (Fsp3) is 0.174. The first-order valence-electron chi connectivity index (χ1n) is 8.88. The van der Waals surface area contributed by atoms with Crippen LogP contribution in [0.3, 0.4) is 0 Å². The number of fused-ring (bicyclic) bond motifs is 1. The molecule has 26 heavy (non-hydrogen) atoms. The third-order valence-electron chi connectivity index (χ3n) is 4.86. The predicted octanol–water partition coefficient (Wildman–Crippen LogP) is 4.53. The summed E-state index contributed by atoms with van der Waals surface area (Å²) >= 11 is 0. The van der Waals surface area contributed by atoms with Crippen LogP contribution in [0.5, 0.6) is 5.75 Å².